The molecule has 1 saturated heterocycles. The van der Waals surface area contributed by atoms with Gasteiger partial charge in [0.15, 0.2) is 0 Å². The molecule has 1 atom stereocenters. The average Bonchev–Trinajstić information content (AvgIpc) is 3.22. The van der Waals surface area contributed by atoms with Crippen LogP contribution in [0.4, 0.5) is 23.4 Å². The van der Waals surface area contributed by atoms with E-state index in [4.69, 9.17) is 5.73 Å². The van der Waals surface area contributed by atoms with Crippen LogP contribution in [-0.4, -0.2) is 44.0 Å². The third-order valence-corrected chi connectivity index (χ3v) is 4.12. The number of β-amino-alcohol motifs (C(OH)–C–C–N with tert-alkyl or cyclic N) is 1. The molecule has 3 heterocycles. The van der Waals surface area contributed by atoms with Crippen LogP contribution in [0.1, 0.15) is 6.42 Å². The molecular formula is C17H19N7O. The number of hydrogen-bond acceptors (Lipinski definition) is 7. The molecule has 4 rings (SSSR count). The van der Waals surface area contributed by atoms with E-state index in [1.807, 2.05) is 47.4 Å². The quantitative estimate of drug-likeness (QED) is 0.663. The largest absolute Gasteiger partial charge is 0.391 e. The van der Waals surface area contributed by atoms with Crippen LogP contribution in [-0.2, 0) is 0 Å². The molecule has 0 amide bonds. The van der Waals surface area contributed by atoms with Crippen molar-refractivity contribution in [2.75, 3.05) is 29.0 Å². The van der Waals surface area contributed by atoms with Crippen LogP contribution < -0.4 is 16.0 Å². The second-order valence-corrected chi connectivity index (χ2v) is 5.96. The number of aliphatic hydroxyl groups excluding tert-OH is 1. The lowest BCUT2D eigenvalue weighted by atomic mass is 10.3. The number of rotatable bonds is 4. The summed E-state index contributed by atoms with van der Waals surface area (Å²) in [7, 11) is 0. The Morgan fingerprint density at radius 3 is 2.80 bits per heavy atom. The molecule has 1 aliphatic heterocycles. The van der Waals surface area contributed by atoms with Gasteiger partial charge in [-0.05, 0) is 24.6 Å². The molecular weight excluding hydrogens is 318 g/mol. The monoisotopic (exact) mass is 337 g/mol. The van der Waals surface area contributed by atoms with Gasteiger partial charge in [-0.1, -0.05) is 18.2 Å². The molecule has 8 nitrogen and oxygen atoms in total. The molecule has 0 aliphatic carbocycles. The summed E-state index contributed by atoms with van der Waals surface area (Å²) in [5, 5.41) is 17.3. The van der Waals surface area contributed by atoms with Crippen LogP contribution in [0, 0.1) is 0 Å². The molecule has 1 aliphatic rings. The number of anilines is 4. The second-order valence-electron chi connectivity index (χ2n) is 5.96. The fraction of sp³-hybridized carbons (Fsp3) is 0.235. The van der Waals surface area contributed by atoms with Crippen molar-refractivity contribution in [1.29, 1.82) is 0 Å². The Labute approximate surface area is 144 Å². The van der Waals surface area contributed by atoms with Gasteiger partial charge in [0, 0.05) is 31.0 Å². The van der Waals surface area contributed by atoms with E-state index in [-0.39, 0.29) is 12.1 Å². The van der Waals surface area contributed by atoms with Crippen molar-refractivity contribution in [2.45, 2.75) is 12.5 Å². The van der Waals surface area contributed by atoms with Gasteiger partial charge < -0.3 is 21.1 Å². The van der Waals surface area contributed by atoms with E-state index in [0.717, 1.165) is 30.2 Å². The van der Waals surface area contributed by atoms with Gasteiger partial charge in [0.1, 0.15) is 5.82 Å². The van der Waals surface area contributed by atoms with Crippen molar-refractivity contribution in [2.24, 2.45) is 0 Å². The Hall–Kier alpha value is -3.13. The molecule has 25 heavy (non-hydrogen) atoms. The molecule has 8 heteroatoms. The zero-order valence-corrected chi connectivity index (χ0v) is 13.6. The Morgan fingerprint density at radius 2 is 2.04 bits per heavy atom. The molecule has 0 bridgehead atoms. The molecule has 1 aromatic carbocycles. The normalized spacial score (nSPS) is 17.0. The summed E-state index contributed by atoms with van der Waals surface area (Å²) in [4.78, 5) is 10.7. The molecule has 0 saturated carbocycles. The summed E-state index contributed by atoms with van der Waals surface area (Å²) >= 11 is 0. The number of nitrogens with two attached hydrogens (primary N) is 1. The van der Waals surface area contributed by atoms with Crippen molar-refractivity contribution in [3.8, 4) is 5.69 Å². The first kappa shape index (κ1) is 15.4. The van der Waals surface area contributed by atoms with Gasteiger partial charge in [0.05, 0.1) is 11.8 Å². The van der Waals surface area contributed by atoms with Crippen LogP contribution in [0.25, 0.3) is 5.69 Å². The lowest BCUT2D eigenvalue weighted by Gasteiger charge is -2.17. The number of pyridine rings is 1. The summed E-state index contributed by atoms with van der Waals surface area (Å²) in [6.45, 7) is 1.37. The van der Waals surface area contributed by atoms with Gasteiger partial charge >= 0.3 is 0 Å². The maximum Gasteiger partial charge on any atom is 0.248 e. The Morgan fingerprint density at radius 1 is 1.20 bits per heavy atom. The Bertz CT molecular complexity index is 864. The van der Waals surface area contributed by atoms with Gasteiger partial charge in [-0.2, -0.15) is 9.67 Å². The summed E-state index contributed by atoms with van der Waals surface area (Å²) in [5.74, 6) is 1.51. The summed E-state index contributed by atoms with van der Waals surface area (Å²) in [6, 6.07) is 13.4. The lowest BCUT2D eigenvalue weighted by Crippen LogP contribution is -2.22. The van der Waals surface area contributed by atoms with Gasteiger partial charge in [-0.25, -0.2) is 4.98 Å². The minimum Gasteiger partial charge on any atom is -0.391 e. The van der Waals surface area contributed by atoms with E-state index in [1.165, 1.54) is 0 Å². The molecule has 3 aromatic rings. The molecule has 1 fully saturated rings. The molecule has 4 N–H and O–H groups in total. The van der Waals surface area contributed by atoms with E-state index in [0.29, 0.717) is 12.5 Å². The Kier molecular flexibility index (Phi) is 3.95. The summed E-state index contributed by atoms with van der Waals surface area (Å²) < 4.78 is 1.57. The van der Waals surface area contributed by atoms with Crippen LogP contribution in [0.5, 0.6) is 0 Å². The fourth-order valence-electron chi connectivity index (χ4n) is 2.88. The highest BCUT2D eigenvalue weighted by Crippen LogP contribution is 2.22. The maximum absolute atomic E-state index is 9.71. The fourth-order valence-corrected chi connectivity index (χ4v) is 2.88. The standard InChI is InChI=1S/C17H19N7O/c18-16-21-17(20-12-4-2-1-3-5-12)22-24(16)13-6-8-19-15(10-13)23-9-7-14(25)11-23/h1-6,8,10,14,25H,7,9,11H2,(H3,18,20,21,22)/t14-/m0/s1. The van der Waals surface area contributed by atoms with Crippen LogP contribution in [0.15, 0.2) is 48.7 Å². The van der Waals surface area contributed by atoms with Crippen molar-refractivity contribution in [1.82, 2.24) is 19.7 Å². The van der Waals surface area contributed by atoms with Crippen LogP contribution in [0.2, 0.25) is 0 Å². The number of nitrogens with zero attached hydrogens (tertiary/aromatic N) is 5. The minimum atomic E-state index is -0.302. The lowest BCUT2D eigenvalue weighted by molar-refractivity contribution is 0.198. The predicted octanol–water partition coefficient (Wildman–Crippen LogP) is 1.56. The number of aliphatic hydroxyl groups is 1. The van der Waals surface area contributed by atoms with E-state index in [2.05, 4.69) is 20.4 Å². The zero-order chi connectivity index (χ0) is 17.2. The van der Waals surface area contributed by atoms with E-state index in [9.17, 15) is 5.11 Å². The first-order chi connectivity index (χ1) is 12.2. The smallest absolute Gasteiger partial charge is 0.248 e. The molecule has 0 unspecified atom stereocenters. The molecule has 0 radical (unpaired) electrons. The van der Waals surface area contributed by atoms with Gasteiger partial charge in [-0.3, -0.25) is 0 Å². The van der Waals surface area contributed by atoms with Crippen molar-refractivity contribution in [3.63, 3.8) is 0 Å². The highest BCUT2D eigenvalue weighted by molar-refractivity contribution is 5.55. The van der Waals surface area contributed by atoms with Gasteiger partial charge in [0.25, 0.3) is 0 Å². The summed E-state index contributed by atoms with van der Waals surface area (Å²) in [6.07, 6.45) is 2.16. The summed E-state index contributed by atoms with van der Waals surface area (Å²) in [5.41, 5.74) is 7.69. The topological polar surface area (TPSA) is 105 Å². The van der Waals surface area contributed by atoms with E-state index < -0.39 is 0 Å². The number of aromatic nitrogens is 4. The van der Waals surface area contributed by atoms with Crippen molar-refractivity contribution >= 4 is 23.4 Å². The van der Waals surface area contributed by atoms with E-state index >= 15 is 0 Å². The number of para-hydroxylation sites is 1. The molecule has 0 spiro atoms. The number of hydrogen-bond donors (Lipinski definition) is 3. The van der Waals surface area contributed by atoms with Gasteiger partial charge in [0.2, 0.25) is 11.9 Å². The highest BCUT2D eigenvalue weighted by Gasteiger charge is 2.21. The van der Waals surface area contributed by atoms with Gasteiger partial charge in [-0.15, -0.1) is 5.10 Å². The third-order valence-electron chi connectivity index (χ3n) is 4.12. The highest BCUT2D eigenvalue weighted by atomic mass is 16.3. The number of nitrogens with one attached hydrogen (secondary N) is 1. The zero-order valence-electron chi connectivity index (χ0n) is 13.6. The Balaban J connectivity index is 1.59. The van der Waals surface area contributed by atoms with Crippen LogP contribution in [0.3, 0.4) is 0 Å². The first-order valence-electron chi connectivity index (χ1n) is 8.13. The van der Waals surface area contributed by atoms with Crippen molar-refractivity contribution < 1.29 is 5.11 Å². The number of nitrogen functional groups attached to an aromatic ring is 1. The van der Waals surface area contributed by atoms with E-state index in [1.54, 1.807) is 10.9 Å². The van der Waals surface area contributed by atoms with Crippen LogP contribution >= 0.6 is 0 Å². The molecule has 2 aromatic heterocycles. The second kappa shape index (κ2) is 6.40. The predicted molar refractivity (Wildman–Crippen MR) is 96.1 cm³/mol. The third kappa shape index (κ3) is 3.24. The minimum absolute atomic E-state index is 0.289. The number of benzene rings is 1. The molecule has 128 valence electrons. The maximum atomic E-state index is 9.71. The SMILES string of the molecule is Nc1nc(Nc2ccccc2)nn1-c1ccnc(N2CC[C@H](O)C2)c1. The first-order valence-corrected chi connectivity index (χ1v) is 8.13. The van der Waals surface area contributed by atoms with Crippen molar-refractivity contribution in [3.05, 3.63) is 48.7 Å². The average molecular weight is 337 g/mol.